The highest BCUT2D eigenvalue weighted by atomic mass is 35.5. The van der Waals surface area contributed by atoms with E-state index < -0.39 is 0 Å². The fourth-order valence-corrected chi connectivity index (χ4v) is 1.99. The SMILES string of the molecule is CC(C)c1cc(=O)[nH]c(Cc2ccc(F)cc2Cl)n1. The number of benzene rings is 1. The Kier molecular flexibility index (Phi) is 4.00. The summed E-state index contributed by atoms with van der Waals surface area (Å²) in [5.41, 5.74) is 1.27. The van der Waals surface area contributed by atoms with Gasteiger partial charge in [-0.15, -0.1) is 0 Å². The lowest BCUT2D eigenvalue weighted by Crippen LogP contribution is -2.14. The zero-order chi connectivity index (χ0) is 14.0. The number of aromatic nitrogens is 2. The summed E-state index contributed by atoms with van der Waals surface area (Å²) in [6, 6.07) is 5.67. The number of hydrogen-bond donors (Lipinski definition) is 1. The molecule has 0 aliphatic rings. The van der Waals surface area contributed by atoms with Gasteiger partial charge >= 0.3 is 0 Å². The molecule has 1 aromatic carbocycles. The average molecular weight is 281 g/mol. The van der Waals surface area contributed by atoms with Crippen LogP contribution in [-0.4, -0.2) is 9.97 Å². The van der Waals surface area contributed by atoms with Gasteiger partial charge in [-0.05, 0) is 23.6 Å². The van der Waals surface area contributed by atoms with Gasteiger partial charge in [0.05, 0.1) is 5.69 Å². The number of nitrogens with zero attached hydrogens (tertiary/aromatic N) is 1. The quantitative estimate of drug-likeness (QED) is 0.938. The van der Waals surface area contributed by atoms with Crippen molar-refractivity contribution in [3.63, 3.8) is 0 Å². The minimum Gasteiger partial charge on any atom is -0.310 e. The molecule has 1 heterocycles. The molecule has 0 bridgehead atoms. The normalized spacial score (nSPS) is 11.0. The van der Waals surface area contributed by atoms with Gasteiger partial charge in [-0.3, -0.25) is 4.79 Å². The second-order valence-corrected chi connectivity index (χ2v) is 5.09. The molecule has 0 atom stereocenters. The van der Waals surface area contributed by atoms with Gasteiger partial charge in [-0.1, -0.05) is 31.5 Å². The molecule has 0 aliphatic heterocycles. The number of H-pyrrole nitrogens is 1. The van der Waals surface area contributed by atoms with Crippen LogP contribution in [-0.2, 0) is 6.42 Å². The Bertz CT molecular complexity index is 652. The number of hydrogen-bond acceptors (Lipinski definition) is 2. The van der Waals surface area contributed by atoms with Crippen molar-refractivity contribution in [2.45, 2.75) is 26.2 Å². The third-order valence-electron chi connectivity index (χ3n) is 2.78. The Morgan fingerprint density at radius 1 is 1.37 bits per heavy atom. The zero-order valence-electron chi connectivity index (χ0n) is 10.7. The maximum atomic E-state index is 13.0. The van der Waals surface area contributed by atoms with Crippen LogP contribution in [0.1, 0.15) is 36.8 Å². The fraction of sp³-hybridized carbons (Fsp3) is 0.286. The molecule has 0 spiro atoms. The topological polar surface area (TPSA) is 45.8 Å². The van der Waals surface area contributed by atoms with E-state index in [-0.39, 0.29) is 17.3 Å². The van der Waals surface area contributed by atoms with Gasteiger partial charge in [-0.2, -0.15) is 0 Å². The lowest BCUT2D eigenvalue weighted by Gasteiger charge is -2.08. The third kappa shape index (κ3) is 3.41. The monoisotopic (exact) mass is 280 g/mol. The standard InChI is InChI=1S/C14H14ClFN2O/c1-8(2)12-7-14(19)18-13(17-12)5-9-3-4-10(16)6-11(9)15/h3-4,6-8H,5H2,1-2H3,(H,17,18,19). The Morgan fingerprint density at radius 3 is 2.74 bits per heavy atom. The van der Waals surface area contributed by atoms with E-state index >= 15 is 0 Å². The summed E-state index contributed by atoms with van der Waals surface area (Å²) in [5, 5.41) is 0.331. The molecular weight excluding hydrogens is 267 g/mol. The second-order valence-electron chi connectivity index (χ2n) is 4.68. The van der Waals surface area contributed by atoms with Crippen molar-refractivity contribution in [3.05, 3.63) is 62.5 Å². The fourth-order valence-electron chi connectivity index (χ4n) is 1.75. The van der Waals surface area contributed by atoms with Crippen molar-refractivity contribution in [3.8, 4) is 0 Å². The van der Waals surface area contributed by atoms with E-state index in [4.69, 9.17) is 11.6 Å². The number of rotatable bonds is 3. The number of nitrogens with one attached hydrogen (secondary N) is 1. The van der Waals surface area contributed by atoms with Crippen molar-refractivity contribution in [1.82, 2.24) is 9.97 Å². The van der Waals surface area contributed by atoms with Crippen molar-refractivity contribution < 1.29 is 4.39 Å². The predicted molar refractivity (Wildman–Crippen MR) is 73.2 cm³/mol. The maximum Gasteiger partial charge on any atom is 0.251 e. The molecule has 0 saturated heterocycles. The summed E-state index contributed by atoms with van der Waals surface area (Å²) in [6.07, 6.45) is 0.370. The smallest absolute Gasteiger partial charge is 0.251 e. The summed E-state index contributed by atoms with van der Waals surface area (Å²) in [4.78, 5) is 18.6. The lowest BCUT2D eigenvalue weighted by atomic mass is 10.1. The lowest BCUT2D eigenvalue weighted by molar-refractivity contribution is 0.627. The molecule has 0 aliphatic carbocycles. The zero-order valence-corrected chi connectivity index (χ0v) is 11.5. The predicted octanol–water partition coefficient (Wildman–Crippen LogP) is 3.28. The molecular formula is C14H14ClFN2O. The van der Waals surface area contributed by atoms with Crippen LogP contribution in [0.25, 0.3) is 0 Å². The van der Waals surface area contributed by atoms with Gasteiger partial charge in [0.15, 0.2) is 0 Å². The van der Waals surface area contributed by atoms with Crippen LogP contribution in [0.4, 0.5) is 4.39 Å². The molecule has 3 nitrogen and oxygen atoms in total. The van der Waals surface area contributed by atoms with Crippen LogP contribution >= 0.6 is 11.6 Å². The molecule has 2 aromatic rings. The summed E-state index contributed by atoms with van der Waals surface area (Å²) >= 11 is 5.96. The molecule has 1 N–H and O–H groups in total. The van der Waals surface area contributed by atoms with Gasteiger partial charge in [0.2, 0.25) is 0 Å². The first-order valence-corrected chi connectivity index (χ1v) is 6.37. The Labute approximate surface area is 115 Å². The highest BCUT2D eigenvalue weighted by Gasteiger charge is 2.08. The Hall–Kier alpha value is -1.68. The summed E-state index contributed by atoms with van der Waals surface area (Å²) < 4.78 is 13.0. The van der Waals surface area contributed by atoms with Crippen LogP contribution in [0, 0.1) is 5.82 Å². The molecule has 0 unspecified atom stereocenters. The Balaban J connectivity index is 2.35. The third-order valence-corrected chi connectivity index (χ3v) is 3.13. The molecule has 100 valence electrons. The number of aromatic amines is 1. The minimum atomic E-state index is -0.383. The van der Waals surface area contributed by atoms with Crippen molar-refractivity contribution in [1.29, 1.82) is 0 Å². The summed E-state index contributed by atoms with van der Waals surface area (Å²) in [7, 11) is 0. The first-order chi connectivity index (χ1) is 8.95. The first-order valence-electron chi connectivity index (χ1n) is 6.00. The van der Waals surface area contributed by atoms with Crippen molar-refractivity contribution >= 4 is 11.6 Å². The van der Waals surface area contributed by atoms with Crippen LogP contribution in [0.5, 0.6) is 0 Å². The molecule has 0 radical (unpaired) electrons. The van der Waals surface area contributed by atoms with Crippen molar-refractivity contribution in [2.75, 3.05) is 0 Å². The van der Waals surface area contributed by atoms with Gasteiger partial charge in [0.25, 0.3) is 5.56 Å². The largest absolute Gasteiger partial charge is 0.310 e. The molecule has 1 aromatic heterocycles. The van der Waals surface area contributed by atoms with Crippen LogP contribution < -0.4 is 5.56 Å². The molecule has 19 heavy (non-hydrogen) atoms. The van der Waals surface area contributed by atoms with E-state index in [0.717, 1.165) is 11.3 Å². The molecule has 5 heteroatoms. The highest BCUT2D eigenvalue weighted by molar-refractivity contribution is 6.31. The molecule has 0 fully saturated rings. The van der Waals surface area contributed by atoms with E-state index in [2.05, 4.69) is 9.97 Å². The van der Waals surface area contributed by atoms with Crippen LogP contribution in [0.15, 0.2) is 29.1 Å². The van der Waals surface area contributed by atoms with Gasteiger partial charge in [0, 0.05) is 17.5 Å². The maximum absolute atomic E-state index is 13.0. The van der Waals surface area contributed by atoms with Gasteiger partial charge in [0.1, 0.15) is 11.6 Å². The van der Waals surface area contributed by atoms with Crippen molar-refractivity contribution in [2.24, 2.45) is 0 Å². The highest BCUT2D eigenvalue weighted by Crippen LogP contribution is 2.19. The number of halogens is 2. The van der Waals surface area contributed by atoms with Gasteiger partial charge in [-0.25, -0.2) is 9.37 Å². The van der Waals surface area contributed by atoms with Crippen LogP contribution in [0.3, 0.4) is 0 Å². The van der Waals surface area contributed by atoms with E-state index in [1.54, 1.807) is 6.07 Å². The molecule has 0 amide bonds. The van der Waals surface area contributed by atoms with Crippen LogP contribution in [0.2, 0.25) is 5.02 Å². The molecule has 0 saturated carbocycles. The van der Waals surface area contributed by atoms with Gasteiger partial charge < -0.3 is 4.98 Å². The molecule has 2 rings (SSSR count). The van der Waals surface area contributed by atoms with E-state index in [1.165, 1.54) is 18.2 Å². The summed E-state index contributed by atoms with van der Waals surface area (Å²) in [5.74, 6) is 0.320. The summed E-state index contributed by atoms with van der Waals surface area (Å²) in [6.45, 7) is 3.94. The Morgan fingerprint density at radius 2 is 2.11 bits per heavy atom. The average Bonchev–Trinajstić information content (AvgIpc) is 2.32. The minimum absolute atomic E-state index is 0.171. The van der Waals surface area contributed by atoms with E-state index in [9.17, 15) is 9.18 Å². The first kappa shape index (κ1) is 13.7. The second kappa shape index (κ2) is 5.53. The van der Waals surface area contributed by atoms with E-state index in [0.29, 0.717) is 17.3 Å². The van der Waals surface area contributed by atoms with E-state index in [1.807, 2.05) is 13.8 Å².